The molecule has 4 nitrogen and oxygen atoms in total. The molecule has 0 amide bonds. The van der Waals surface area contributed by atoms with Crippen LogP contribution in [-0.4, -0.2) is 20.0 Å². The zero-order valence-electron chi connectivity index (χ0n) is 12.4. The first kappa shape index (κ1) is 16.5. The number of hydrogen-bond donors (Lipinski definition) is 2. The van der Waals surface area contributed by atoms with Crippen LogP contribution in [0.1, 0.15) is 44.0 Å². The van der Waals surface area contributed by atoms with E-state index >= 15 is 0 Å². The lowest BCUT2D eigenvalue weighted by Gasteiger charge is -2.14. The predicted octanol–water partition coefficient (Wildman–Crippen LogP) is 3.17. The van der Waals surface area contributed by atoms with Gasteiger partial charge in [0.25, 0.3) is 0 Å². The number of aliphatic hydroxyl groups is 2. The molecule has 2 aromatic rings. The van der Waals surface area contributed by atoms with Crippen molar-refractivity contribution in [1.82, 2.24) is 9.78 Å². The van der Waals surface area contributed by atoms with E-state index in [-0.39, 0.29) is 16.8 Å². The van der Waals surface area contributed by atoms with Crippen LogP contribution in [-0.2, 0) is 11.6 Å². The first-order valence-corrected chi connectivity index (χ1v) is 6.64. The summed E-state index contributed by atoms with van der Waals surface area (Å²) in [6.07, 6.45) is -6.31. The van der Waals surface area contributed by atoms with Gasteiger partial charge in [0.1, 0.15) is 5.69 Å². The SMILES string of the molecule is CC(C)(C)c1cc(C(O)O)n(-c2cccc(C(F)(F)F)c2)n1. The number of aromatic nitrogens is 2. The van der Waals surface area contributed by atoms with Crippen molar-refractivity contribution in [1.29, 1.82) is 0 Å². The average molecular weight is 314 g/mol. The smallest absolute Gasteiger partial charge is 0.363 e. The summed E-state index contributed by atoms with van der Waals surface area (Å²) >= 11 is 0. The Morgan fingerprint density at radius 1 is 1.09 bits per heavy atom. The standard InChI is InChI=1S/C15H17F3N2O2/c1-14(2,3)12-8-11(13(21)22)20(19-12)10-6-4-5-9(7-10)15(16,17)18/h4-8,13,21-22H,1-3H3. The Labute approximate surface area is 125 Å². The molecule has 1 aromatic heterocycles. The summed E-state index contributed by atoms with van der Waals surface area (Å²) in [5.74, 6) is 0. The van der Waals surface area contributed by atoms with E-state index < -0.39 is 18.0 Å². The van der Waals surface area contributed by atoms with Gasteiger partial charge in [-0.25, -0.2) is 4.68 Å². The summed E-state index contributed by atoms with van der Waals surface area (Å²) in [5.41, 5.74) is -0.516. The van der Waals surface area contributed by atoms with Gasteiger partial charge in [0.15, 0.2) is 6.29 Å². The topological polar surface area (TPSA) is 58.3 Å². The van der Waals surface area contributed by atoms with E-state index in [0.717, 1.165) is 16.8 Å². The van der Waals surface area contributed by atoms with E-state index in [1.165, 1.54) is 18.2 Å². The summed E-state index contributed by atoms with van der Waals surface area (Å²) < 4.78 is 39.6. The molecule has 0 aliphatic carbocycles. The molecule has 0 aliphatic rings. The number of hydrogen-bond acceptors (Lipinski definition) is 3. The molecule has 0 saturated heterocycles. The summed E-state index contributed by atoms with van der Waals surface area (Å²) in [6, 6.07) is 6.04. The van der Waals surface area contributed by atoms with Crippen molar-refractivity contribution >= 4 is 0 Å². The Morgan fingerprint density at radius 3 is 2.23 bits per heavy atom. The highest BCUT2D eigenvalue weighted by molar-refractivity contribution is 5.39. The first-order chi connectivity index (χ1) is 10.00. The molecule has 22 heavy (non-hydrogen) atoms. The largest absolute Gasteiger partial charge is 0.416 e. The van der Waals surface area contributed by atoms with Gasteiger partial charge in [-0.1, -0.05) is 26.8 Å². The second-order valence-electron chi connectivity index (χ2n) is 6.04. The van der Waals surface area contributed by atoms with Gasteiger partial charge in [-0.15, -0.1) is 0 Å². The Bertz CT molecular complexity index is 670. The molecule has 120 valence electrons. The third-order valence-corrected chi connectivity index (χ3v) is 3.19. The van der Waals surface area contributed by atoms with Crippen molar-refractivity contribution < 1.29 is 23.4 Å². The lowest BCUT2D eigenvalue weighted by atomic mass is 9.92. The molecule has 2 rings (SSSR count). The number of nitrogens with zero attached hydrogens (tertiary/aromatic N) is 2. The Balaban J connectivity index is 2.59. The fourth-order valence-electron chi connectivity index (χ4n) is 1.97. The second kappa shape index (κ2) is 5.40. The van der Waals surface area contributed by atoms with Crippen molar-refractivity contribution in [2.45, 2.75) is 38.7 Å². The summed E-state index contributed by atoms with van der Waals surface area (Å²) in [4.78, 5) is 0. The molecule has 0 atom stereocenters. The molecule has 1 aromatic carbocycles. The summed E-state index contributed by atoms with van der Waals surface area (Å²) in [7, 11) is 0. The monoisotopic (exact) mass is 314 g/mol. The Morgan fingerprint density at radius 2 is 1.73 bits per heavy atom. The van der Waals surface area contributed by atoms with E-state index in [0.29, 0.717) is 5.69 Å². The van der Waals surface area contributed by atoms with E-state index in [1.807, 2.05) is 20.8 Å². The van der Waals surface area contributed by atoms with Gasteiger partial charge in [-0.2, -0.15) is 18.3 Å². The van der Waals surface area contributed by atoms with Gasteiger partial charge < -0.3 is 10.2 Å². The minimum atomic E-state index is -4.48. The second-order valence-corrected chi connectivity index (χ2v) is 6.04. The zero-order valence-corrected chi connectivity index (χ0v) is 12.4. The van der Waals surface area contributed by atoms with Gasteiger partial charge in [-0.3, -0.25) is 0 Å². The van der Waals surface area contributed by atoms with E-state index in [2.05, 4.69) is 5.10 Å². The molecule has 0 spiro atoms. The molecular formula is C15H17F3N2O2. The van der Waals surface area contributed by atoms with Crippen LogP contribution in [0.25, 0.3) is 5.69 Å². The zero-order chi connectivity index (χ0) is 16.7. The fourth-order valence-corrected chi connectivity index (χ4v) is 1.97. The van der Waals surface area contributed by atoms with Crippen molar-refractivity contribution in [3.63, 3.8) is 0 Å². The van der Waals surface area contributed by atoms with Crippen LogP contribution in [0.2, 0.25) is 0 Å². The quantitative estimate of drug-likeness (QED) is 0.837. The number of halogens is 3. The maximum absolute atomic E-state index is 12.8. The minimum absolute atomic E-state index is 0.0178. The number of alkyl halides is 3. The molecule has 2 N–H and O–H groups in total. The van der Waals surface area contributed by atoms with Gasteiger partial charge >= 0.3 is 6.18 Å². The molecule has 0 unspecified atom stereocenters. The molecule has 0 bridgehead atoms. The molecule has 0 saturated carbocycles. The maximum Gasteiger partial charge on any atom is 0.416 e. The lowest BCUT2D eigenvalue weighted by Crippen LogP contribution is -2.13. The van der Waals surface area contributed by atoms with Crippen LogP contribution >= 0.6 is 0 Å². The number of aliphatic hydroxyl groups excluding tert-OH is 1. The van der Waals surface area contributed by atoms with Crippen LogP contribution in [0.4, 0.5) is 13.2 Å². The van der Waals surface area contributed by atoms with Gasteiger partial charge in [0.05, 0.1) is 16.9 Å². The lowest BCUT2D eigenvalue weighted by molar-refractivity contribution is -0.137. The van der Waals surface area contributed by atoms with Crippen molar-refractivity contribution in [2.24, 2.45) is 0 Å². The highest BCUT2D eigenvalue weighted by Crippen LogP contribution is 2.31. The highest BCUT2D eigenvalue weighted by atomic mass is 19.4. The maximum atomic E-state index is 12.8. The van der Waals surface area contributed by atoms with Crippen molar-refractivity contribution in [2.75, 3.05) is 0 Å². The molecule has 7 heteroatoms. The number of rotatable bonds is 2. The summed E-state index contributed by atoms with van der Waals surface area (Å²) in [6.45, 7) is 5.62. The van der Waals surface area contributed by atoms with Crippen LogP contribution in [0, 0.1) is 0 Å². The molecule has 0 fully saturated rings. The van der Waals surface area contributed by atoms with E-state index in [1.54, 1.807) is 0 Å². The molecule has 0 radical (unpaired) electrons. The van der Waals surface area contributed by atoms with Crippen molar-refractivity contribution in [3.05, 3.63) is 47.3 Å². The van der Waals surface area contributed by atoms with Crippen LogP contribution in [0.3, 0.4) is 0 Å². The Kier molecular flexibility index (Phi) is 4.06. The van der Waals surface area contributed by atoms with Crippen LogP contribution in [0.5, 0.6) is 0 Å². The number of benzene rings is 1. The van der Waals surface area contributed by atoms with Gasteiger partial charge in [0.2, 0.25) is 0 Å². The fraction of sp³-hybridized carbons (Fsp3) is 0.400. The molecule has 1 heterocycles. The predicted molar refractivity (Wildman–Crippen MR) is 74.4 cm³/mol. The molecular weight excluding hydrogens is 297 g/mol. The minimum Gasteiger partial charge on any atom is -0.363 e. The highest BCUT2D eigenvalue weighted by Gasteiger charge is 2.31. The van der Waals surface area contributed by atoms with E-state index in [9.17, 15) is 23.4 Å². The van der Waals surface area contributed by atoms with Gasteiger partial charge in [0, 0.05) is 5.41 Å². The first-order valence-electron chi connectivity index (χ1n) is 6.64. The average Bonchev–Trinajstić information content (AvgIpc) is 2.83. The van der Waals surface area contributed by atoms with E-state index in [4.69, 9.17) is 0 Å². The Hall–Kier alpha value is -1.86. The van der Waals surface area contributed by atoms with Crippen LogP contribution in [0.15, 0.2) is 30.3 Å². The van der Waals surface area contributed by atoms with Crippen molar-refractivity contribution in [3.8, 4) is 5.69 Å². The van der Waals surface area contributed by atoms with Crippen LogP contribution < -0.4 is 0 Å². The third kappa shape index (κ3) is 3.31. The van der Waals surface area contributed by atoms with Gasteiger partial charge in [-0.05, 0) is 24.3 Å². The third-order valence-electron chi connectivity index (χ3n) is 3.19. The summed E-state index contributed by atoms with van der Waals surface area (Å²) in [5, 5.41) is 23.1. The normalized spacial score (nSPS) is 13.0. The molecule has 0 aliphatic heterocycles.